The zero-order chi connectivity index (χ0) is 12.1. The van der Waals surface area contributed by atoms with Gasteiger partial charge in [0.25, 0.3) is 0 Å². The van der Waals surface area contributed by atoms with Gasteiger partial charge in [-0.1, -0.05) is 36.4 Å². The van der Waals surface area contributed by atoms with E-state index in [4.69, 9.17) is 4.74 Å². The summed E-state index contributed by atoms with van der Waals surface area (Å²) in [5.41, 5.74) is 2.43. The third-order valence-electron chi connectivity index (χ3n) is 3.06. The van der Waals surface area contributed by atoms with Gasteiger partial charge >= 0.3 is 5.97 Å². The molecule has 90 valence electrons. The van der Waals surface area contributed by atoms with Gasteiger partial charge in [-0.15, -0.1) is 0 Å². The third-order valence-corrected chi connectivity index (χ3v) is 3.06. The lowest BCUT2D eigenvalue weighted by molar-refractivity contribution is -0.145. The average molecular weight is 230 g/mol. The van der Waals surface area contributed by atoms with E-state index in [1.807, 2.05) is 18.2 Å². The molecule has 2 rings (SSSR count). The minimum absolute atomic E-state index is 0.0125. The molecule has 1 fully saturated rings. The van der Waals surface area contributed by atoms with E-state index in [-0.39, 0.29) is 12.1 Å². The molecule has 0 aromatic heterocycles. The van der Waals surface area contributed by atoms with Gasteiger partial charge in [0.2, 0.25) is 0 Å². The predicted octanol–water partition coefficient (Wildman–Crippen LogP) is 3.58. The molecule has 17 heavy (non-hydrogen) atoms. The van der Waals surface area contributed by atoms with Crippen LogP contribution in [0.3, 0.4) is 0 Å². The Balaban J connectivity index is 2.16. The number of benzene rings is 1. The normalized spacial score (nSPS) is 22.4. The predicted molar refractivity (Wildman–Crippen MR) is 68.4 cm³/mol. The van der Waals surface area contributed by atoms with Crippen LogP contribution in [0.2, 0.25) is 0 Å². The molecule has 0 spiro atoms. The summed E-state index contributed by atoms with van der Waals surface area (Å²) in [5.74, 6) is -0.184. The Kier molecular flexibility index (Phi) is 3.97. The van der Waals surface area contributed by atoms with Gasteiger partial charge in [-0.05, 0) is 36.8 Å². The van der Waals surface area contributed by atoms with Crippen molar-refractivity contribution in [2.24, 2.45) is 0 Å². The maximum absolute atomic E-state index is 11.1. The molecule has 0 N–H and O–H groups in total. The quantitative estimate of drug-likeness (QED) is 0.726. The fourth-order valence-corrected chi connectivity index (χ4v) is 2.27. The molecule has 0 radical (unpaired) electrons. The maximum Gasteiger partial charge on any atom is 0.303 e. The fourth-order valence-electron chi connectivity index (χ4n) is 2.27. The van der Waals surface area contributed by atoms with Gasteiger partial charge < -0.3 is 4.74 Å². The summed E-state index contributed by atoms with van der Waals surface area (Å²) in [6.07, 6.45) is 6.47. The lowest BCUT2D eigenvalue weighted by Gasteiger charge is -2.25. The summed E-state index contributed by atoms with van der Waals surface area (Å²) in [5, 5.41) is 0. The van der Waals surface area contributed by atoms with Crippen LogP contribution in [0.1, 0.15) is 38.2 Å². The molecule has 1 saturated carbocycles. The van der Waals surface area contributed by atoms with Crippen molar-refractivity contribution in [1.29, 1.82) is 0 Å². The molecule has 0 amide bonds. The summed E-state index contributed by atoms with van der Waals surface area (Å²) in [6, 6.07) is 10.2. The third kappa shape index (κ3) is 3.45. The van der Waals surface area contributed by atoms with Crippen LogP contribution >= 0.6 is 0 Å². The van der Waals surface area contributed by atoms with Crippen LogP contribution in [0.25, 0.3) is 6.08 Å². The van der Waals surface area contributed by atoms with Gasteiger partial charge in [-0.3, -0.25) is 4.79 Å². The van der Waals surface area contributed by atoms with Crippen molar-refractivity contribution >= 4 is 12.0 Å². The van der Waals surface area contributed by atoms with Crippen LogP contribution < -0.4 is 0 Å². The Morgan fingerprint density at radius 3 is 2.76 bits per heavy atom. The summed E-state index contributed by atoms with van der Waals surface area (Å²) < 4.78 is 5.37. The zero-order valence-corrected chi connectivity index (χ0v) is 10.2. The van der Waals surface area contributed by atoms with E-state index < -0.39 is 0 Å². The number of carbonyl (C=O) groups is 1. The minimum Gasteiger partial charge on any atom is -0.458 e. The second-order valence-corrected chi connectivity index (χ2v) is 4.47. The molecule has 1 aliphatic carbocycles. The minimum atomic E-state index is -0.184. The lowest BCUT2D eigenvalue weighted by Crippen LogP contribution is -2.22. The lowest BCUT2D eigenvalue weighted by atomic mass is 9.90. The van der Waals surface area contributed by atoms with Crippen LogP contribution in [0.15, 0.2) is 35.9 Å². The number of rotatable bonds is 2. The molecule has 0 saturated heterocycles. The number of carbonyl (C=O) groups excluding carboxylic acids is 1. The maximum atomic E-state index is 11.1. The van der Waals surface area contributed by atoms with Gasteiger partial charge in [-0.25, -0.2) is 0 Å². The molecule has 2 heteroatoms. The van der Waals surface area contributed by atoms with Crippen LogP contribution in [0.5, 0.6) is 0 Å². The van der Waals surface area contributed by atoms with Crippen molar-refractivity contribution in [3.8, 4) is 0 Å². The average Bonchev–Trinajstić information content (AvgIpc) is 2.32. The van der Waals surface area contributed by atoms with Gasteiger partial charge in [0.05, 0.1) is 0 Å². The largest absolute Gasteiger partial charge is 0.458 e. The topological polar surface area (TPSA) is 26.3 Å². The first kappa shape index (κ1) is 11.9. The highest BCUT2D eigenvalue weighted by atomic mass is 16.5. The standard InChI is InChI=1S/C15H18O2/c1-12(16)17-15-10-6-5-9-14(15)11-13-7-3-2-4-8-13/h2-4,7-8,11,15H,5-6,9-10H2,1H3/b14-11-/t15-/m0/s1. The highest BCUT2D eigenvalue weighted by Gasteiger charge is 2.21. The van der Waals surface area contributed by atoms with Gasteiger partial charge in [-0.2, -0.15) is 0 Å². The van der Waals surface area contributed by atoms with E-state index >= 15 is 0 Å². The number of ether oxygens (including phenoxy) is 1. The first-order valence-corrected chi connectivity index (χ1v) is 6.18. The summed E-state index contributed by atoms with van der Waals surface area (Å²) in [4.78, 5) is 11.1. The van der Waals surface area contributed by atoms with Crippen LogP contribution in [0.4, 0.5) is 0 Å². The monoisotopic (exact) mass is 230 g/mol. The molecule has 0 aliphatic heterocycles. The first-order chi connectivity index (χ1) is 8.25. The molecular formula is C15H18O2. The Morgan fingerprint density at radius 2 is 2.06 bits per heavy atom. The van der Waals surface area contributed by atoms with Crippen LogP contribution in [0, 0.1) is 0 Å². The van der Waals surface area contributed by atoms with Gasteiger partial charge in [0, 0.05) is 6.92 Å². The van der Waals surface area contributed by atoms with Crippen LogP contribution in [-0.2, 0) is 9.53 Å². The second kappa shape index (κ2) is 5.67. The zero-order valence-electron chi connectivity index (χ0n) is 10.2. The molecule has 1 aliphatic rings. The number of esters is 1. The second-order valence-electron chi connectivity index (χ2n) is 4.47. The Morgan fingerprint density at radius 1 is 1.29 bits per heavy atom. The van der Waals surface area contributed by atoms with E-state index in [0.717, 1.165) is 19.3 Å². The Labute approximate surface area is 102 Å². The Bertz CT molecular complexity index is 406. The molecular weight excluding hydrogens is 212 g/mol. The van der Waals surface area contributed by atoms with Crippen molar-refractivity contribution in [1.82, 2.24) is 0 Å². The summed E-state index contributed by atoms with van der Waals surface area (Å²) in [7, 11) is 0. The molecule has 0 unspecified atom stereocenters. The van der Waals surface area contributed by atoms with Crippen molar-refractivity contribution in [2.75, 3.05) is 0 Å². The van der Waals surface area contributed by atoms with Crippen LogP contribution in [-0.4, -0.2) is 12.1 Å². The van der Waals surface area contributed by atoms with Crippen molar-refractivity contribution in [3.63, 3.8) is 0 Å². The first-order valence-electron chi connectivity index (χ1n) is 6.18. The van der Waals surface area contributed by atoms with Crippen molar-refractivity contribution in [3.05, 3.63) is 41.5 Å². The number of hydrogen-bond acceptors (Lipinski definition) is 2. The Hall–Kier alpha value is -1.57. The van der Waals surface area contributed by atoms with E-state index in [9.17, 15) is 4.79 Å². The van der Waals surface area contributed by atoms with Crippen molar-refractivity contribution < 1.29 is 9.53 Å². The molecule has 0 heterocycles. The van der Waals surface area contributed by atoms with Crippen molar-refractivity contribution in [2.45, 2.75) is 38.7 Å². The molecule has 1 aromatic rings. The molecule has 1 aromatic carbocycles. The van der Waals surface area contributed by atoms with E-state index in [1.54, 1.807) is 0 Å². The van der Waals surface area contributed by atoms with E-state index in [1.165, 1.54) is 24.5 Å². The van der Waals surface area contributed by atoms with Gasteiger partial charge in [0.1, 0.15) is 6.10 Å². The SMILES string of the molecule is CC(=O)O[C@H]1CCCC/C1=C/c1ccccc1. The fraction of sp³-hybridized carbons (Fsp3) is 0.400. The highest BCUT2D eigenvalue weighted by molar-refractivity contribution is 5.67. The summed E-state index contributed by atoms with van der Waals surface area (Å²) >= 11 is 0. The number of hydrogen-bond donors (Lipinski definition) is 0. The molecule has 1 atom stereocenters. The molecule has 2 nitrogen and oxygen atoms in total. The van der Waals surface area contributed by atoms with Gasteiger partial charge in [0.15, 0.2) is 0 Å². The van der Waals surface area contributed by atoms with E-state index in [2.05, 4.69) is 18.2 Å². The van der Waals surface area contributed by atoms with E-state index in [0.29, 0.717) is 0 Å². The smallest absolute Gasteiger partial charge is 0.303 e. The molecule has 0 bridgehead atoms. The summed E-state index contributed by atoms with van der Waals surface area (Å²) in [6.45, 7) is 1.48. The highest BCUT2D eigenvalue weighted by Crippen LogP contribution is 2.28.